The molecule has 0 fully saturated rings. The van der Waals surface area contributed by atoms with Crippen molar-refractivity contribution in [2.24, 2.45) is 0 Å². The summed E-state index contributed by atoms with van der Waals surface area (Å²) in [4.78, 5) is 26.2. The summed E-state index contributed by atoms with van der Waals surface area (Å²) in [5.74, 6) is -0.649. The van der Waals surface area contributed by atoms with Crippen molar-refractivity contribution in [3.63, 3.8) is 0 Å². The van der Waals surface area contributed by atoms with E-state index in [2.05, 4.69) is 0 Å². The third-order valence-corrected chi connectivity index (χ3v) is 2.74. The molecule has 8 nitrogen and oxygen atoms in total. The van der Waals surface area contributed by atoms with Gasteiger partial charge in [-0.2, -0.15) is 0 Å². The predicted molar refractivity (Wildman–Crippen MR) is 70.7 cm³/mol. The van der Waals surface area contributed by atoms with Crippen LogP contribution in [-0.4, -0.2) is 94.6 Å². The zero-order valence-electron chi connectivity index (χ0n) is 11.6. The molecular weight excluding hydrogens is 268 g/mol. The Bertz CT molecular complexity index is 247. The van der Waals surface area contributed by atoms with Gasteiger partial charge in [-0.05, 0) is 0 Å². The number of carbonyl (C=O) groups excluding carboxylic acids is 2. The van der Waals surface area contributed by atoms with Crippen molar-refractivity contribution in [1.82, 2.24) is 9.80 Å². The second-order valence-corrected chi connectivity index (χ2v) is 4.16. The lowest BCUT2D eigenvalue weighted by Crippen LogP contribution is -2.38. The molecule has 0 radical (unpaired) electrons. The molecule has 0 atom stereocenters. The fourth-order valence-electron chi connectivity index (χ4n) is 1.74. The summed E-state index contributed by atoms with van der Waals surface area (Å²) in [6.07, 6.45) is -0.0711. The van der Waals surface area contributed by atoms with Crippen LogP contribution in [0.15, 0.2) is 0 Å². The van der Waals surface area contributed by atoms with Gasteiger partial charge in [0, 0.05) is 39.0 Å². The van der Waals surface area contributed by atoms with Crippen LogP contribution >= 0.6 is 0 Å². The smallest absolute Gasteiger partial charge is 0.223 e. The van der Waals surface area contributed by atoms with Crippen molar-refractivity contribution < 1.29 is 30.0 Å². The van der Waals surface area contributed by atoms with Gasteiger partial charge < -0.3 is 30.2 Å². The number of hydrogen-bond donors (Lipinski definition) is 4. The highest BCUT2D eigenvalue weighted by atomic mass is 16.3. The summed E-state index contributed by atoms with van der Waals surface area (Å²) < 4.78 is 0. The van der Waals surface area contributed by atoms with Gasteiger partial charge in [-0.3, -0.25) is 9.59 Å². The van der Waals surface area contributed by atoms with Crippen molar-refractivity contribution >= 4 is 11.8 Å². The lowest BCUT2D eigenvalue weighted by Gasteiger charge is -2.23. The van der Waals surface area contributed by atoms with Crippen molar-refractivity contribution in [3.05, 3.63) is 0 Å². The van der Waals surface area contributed by atoms with Gasteiger partial charge >= 0.3 is 0 Å². The van der Waals surface area contributed by atoms with E-state index in [0.29, 0.717) is 0 Å². The number of carbonyl (C=O) groups is 2. The first-order chi connectivity index (χ1) is 9.60. The molecule has 0 bridgehead atoms. The number of aliphatic hydroxyl groups is 4. The molecule has 0 aliphatic rings. The highest BCUT2D eigenvalue weighted by Crippen LogP contribution is 2.02. The summed E-state index contributed by atoms with van der Waals surface area (Å²) in [6.45, 7) is -0.367. The minimum Gasteiger partial charge on any atom is -0.395 e. The van der Waals surface area contributed by atoms with Crippen LogP contribution in [0.1, 0.15) is 12.8 Å². The molecule has 0 aromatic heterocycles. The van der Waals surface area contributed by atoms with Crippen molar-refractivity contribution in [1.29, 1.82) is 0 Å². The maximum atomic E-state index is 11.8. The van der Waals surface area contributed by atoms with E-state index in [4.69, 9.17) is 20.4 Å². The lowest BCUT2D eigenvalue weighted by atomic mass is 10.2. The maximum Gasteiger partial charge on any atom is 0.223 e. The number of amides is 2. The molecule has 0 spiro atoms. The van der Waals surface area contributed by atoms with Gasteiger partial charge in [0.1, 0.15) is 0 Å². The van der Waals surface area contributed by atoms with Crippen LogP contribution in [0.3, 0.4) is 0 Å². The van der Waals surface area contributed by atoms with Crippen LogP contribution in [0.4, 0.5) is 0 Å². The predicted octanol–water partition coefficient (Wildman–Crippen LogP) is -2.61. The molecule has 0 unspecified atom stereocenters. The fourth-order valence-corrected chi connectivity index (χ4v) is 1.74. The topological polar surface area (TPSA) is 122 Å². The second-order valence-electron chi connectivity index (χ2n) is 4.16. The molecular formula is C12H24N2O6. The zero-order chi connectivity index (χ0) is 15.4. The van der Waals surface area contributed by atoms with E-state index in [0.717, 1.165) is 0 Å². The van der Waals surface area contributed by atoms with Gasteiger partial charge in [0.25, 0.3) is 0 Å². The van der Waals surface area contributed by atoms with Gasteiger partial charge in [-0.15, -0.1) is 0 Å². The van der Waals surface area contributed by atoms with E-state index < -0.39 is 0 Å². The molecule has 0 rings (SSSR count). The van der Waals surface area contributed by atoms with Crippen molar-refractivity contribution in [2.75, 3.05) is 52.6 Å². The van der Waals surface area contributed by atoms with E-state index in [1.807, 2.05) is 0 Å². The summed E-state index contributed by atoms with van der Waals surface area (Å²) in [6, 6.07) is 0. The van der Waals surface area contributed by atoms with E-state index in [9.17, 15) is 9.59 Å². The molecule has 0 aliphatic carbocycles. The Balaban J connectivity index is 4.27. The van der Waals surface area contributed by atoms with Gasteiger partial charge in [0.2, 0.25) is 11.8 Å². The maximum absolute atomic E-state index is 11.8. The van der Waals surface area contributed by atoms with Crippen LogP contribution in [0.2, 0.25) is 0 Å². The van der Waals surface area contributed by atoms with E-state index in [1.54, 1.807) is 0 Å². The van der Waals surface area contributed by atoms with Gasteiger partial charge in [-0.1, -0.05) is 0 Å². The van der Waals surface area contributed by atoms with Crippen LogP contribution in [0.25, 0.3) is 0 Å². The van der Waals surface area contributed by atoms with Crippen LogP contribution in [-0.2, 0) is 9.59 Å². The zero-order valence-corrected chi connectivity index (χ0v) is 11.6. The first kappa shape index (κ1) is 18.8. The Kier molecular flexibility index (Phi) is 10.9. The highest BCUT2D eigenvalue weighted by molar-refractivity contribution is 5.83. The molecule has 2 amide bonds. The van der Waals surface area contributed by atoms with E-state index in [-0.39, 0.29) is 77.3 Å². The Labute approximate surface area is 118 Å². The Morgan fingerprint density at radius 1 is 0.600 bits per heavy atom. The summed E-state index contributed by atoms with van der Waals surface area (Å²) in [7, 11) is 0. The normalized spacial score (nSPS) is 10.4. The standard InChI is InChI=1S/C12H24N2O6/c15-7-3-13(4-8-16)11(19)1-2-12(20)14(5-9-17)6-10-18/h15-18H,1-10H2. The molecule has 8 heteroatoms. The number of rotatable bonds is 11. The number of aliphatic hydroxyl groups excluding tert-OH is 4. The van der Waals surface area contributed by atoms with Gasteiger partial charge in [0.05, 0.1) is 26.4 Å². The molecule has 0 aromatic carbocycles. The second kappa shape index (κ2) is 11.6. The molecule has 118 valence electrons. The Hall–Kier alpha value is -1.22. The monoisotopic (exact) mass is 292 g/mol. The molecule has 0 heterocycles. The molecule has 0 saturated carbocycles. The average molecular weight is 292 g/mol. The third kappa shape index (κ3) is 7.39. The Morgan fingerprint density at radius 3 is 1.05 bits per heavy atom. The largest absolute Gasteiger partial charge is 0.395 e. The first-order valence-corrected chi connectivity index (χ1v) is 6.59. The number of hydrogen-bond acceptors (Lipinski definition) is 6. The lowest BCUT2D eigenvalue weighted by molar-refractivity contribution is -0.138. The molecule has 0 aliphatic heterocycles. The van der Waals surface area contributed by atoms with E-state index in [1.165, 1.54) is 9.80 Å². The summed E-state index contributed by atoms with van der Waals surface area (Å²) >= 11 is 0. The Morgan fingerprint density at radius 2 is 0.850 bits per heavy atom. The minimum absolute atomic E-state index is 0.0355. The van der Waals surface area contributed by atoms with E-state index >= 15 is 0 Å². The van der Waals surface area contributed by atoms with Gasteiger partial charge in [-0.25, -0.2) is 0 Å². The van der Waals surface area contributed by atoms with Crippen molar-refractivity contribution in [2.45, 2.75) is 12.8 Å². The summed E-state index contributed by atoms with van der Waals surface area (Å²) in [5.41, 5.74) is 0. The SMILES string of the molecule is O=C(CCC(=O)N(CCO)CCO)N(CCO)CCO. The number of nitrogens with zero attached hydrogens (tertiary/aromatic N) is 2. The third-order valence-electron chi connectivity index (χ3n) is 2.74. The van der Waals surface area contributed by atoms with Crippen LogP contribution < -0.4 is 0 Å². The van der Waals surface area contributed by atoms with Gasteiger partial charge in [0.15, 0.2) is 0 Å². The molecule has 4 N–H and O–H groups in total. The molecule has 0 saturated heterocycles. The molecule has 0 aromatic rings. The quantitative estimate of drug-likeness (QED) is 0.331. The average Bonchev–Trinajstić information content (AvgIpc) is 2.44. The first-order valence-electron chi connectivity index (χ1n) is 6.59. The van der Waals surface area contributed by atoms with Crippen LogP contribution in [0, 0.1) is 0 Å². The van der Waals surface area contributed by atoms with Crippen molar-refractivity contribution in [3.8, 4) is 0 Å². The molecule has 20 heavy (non-hydrogen) atoms. The minimum atomic E-state index is -0.325. The fraction of sp³-hybridized carbons (Fsp3) is 0.833. The highest BCUT2D eigenvalue weighted by Gasteiger charge is 2.17. The van der Waals surface area contributed by atoms with Crippen LogP contribution in [0.5, 0.6) is 0 Å². The summed E-state index contributed by atoms with van der Waals surface area (Å²) in [5, 5.41) is 35.2.